The van der Waals surface area contributed by atoms with Crippen molar-refractivity contribution in [1.29, 1.82) is 0 Å². The number of rotatable bonds is 9. The number of benzene rings is 17. The van der Waals surface area contributed by atoms with Crippen LogP contribution in [0.1, 0.15) is 25.0 Å². The summed E-state index contributed by atoms with van der Waals surface area (Å²) in [6, 6.07) is 134. The minimum atomic E-state index is -0.380. The summed E-state index contributed by atoms with van der Waals surface area (Å²) in [6.07, 6.45) is 0. The first-order valence-electron chi connectivity index (χ1n) is 35.2. The van der Waals surface area contributed by atoms with Crippen molar-refractivity contribution in [3.05, 3.63) is 369 Å². The Bertz CT molecular complexity index is 6030. The monoisotopic (exact) mass is 1280 g/mol. The molecule has 0 spiro atoms. The number of hydrogen-bond donors (Lipinski definition) is 0. The molecule has 101 heavy (non-hydrogen) atoms. The van der Waals surface area contributed by atoms with E-state index in [4.69, 9.17) is 4.74 Å². The van der Waals surface area contributed by atoms with Gasteiger partial charge in [-0.2, -0.15) is 0 Å². The fourth-order valence-corrected chi connectivity index (χ4v) is 17.2. The largest absolute Gasteiger partial charge is 0.457 e. The molecule has 17 aromatic carbocycles. The number of anilines is 6. The number of fused-ring (bicyclic) bond motifs is 12. The Morgan fingerprint density at radius 2 is 0.634 bits per heavy atom. The first-order chi connectivity index (χ1) is 49.9. The molecule has 0 bridgehead atoms. The van der Waals surface area contributed by atoms with Gasteiger partial charge in [-0.3, -0.25) is 0 Å². The van der Waals surface area contributed by atoms with E-state index in [1.165, 1.54) is 70.6 Å². The van der Waals surface area contributed by atoms with Gasteiger partial charge < -0.3 is 14.5 Å². The first kappa shape index (κ1) is 58.4. The van der Waals surface area contributed by atoms with Crippen LogP contribution in [-0.2, 0) is 5.41 Å². The Morgan fingerprint density at radius 1 is 0.248 bits per heavy atom. The highest BCUT2D eigenvalue weighted by Gasteiger charge is 2.46. The Balaban J connectivity index is 0.980. The second kappa shape index (κ2) is 23.2. The lowest BCUT2D eigenvalue weighted by Crippen LogP contribution is -2.61. The van der Waals surface area contributed by atoms with Crippen LogP contribution < -0.4 is 30.9 Å². The van der Waals surface area contributed by atoms with Crippen LogP contribution in [0.25, 0.3) is 121 Å². The Labute approximate surface area is 588 Å². The van der Waals surface area contributed by atoms with Crippen molar-refractivity contribution in [2.75, 3.05) is 9.80 Å². The maximum Gasteiger partial charge on any atom is 0.252 e. The van der Waals surface area contributed by atoms with Crippen LogP contribution in [0.15, 0.2) is 358 Å². The summed E-state index contributed by atoms with van der Waals surface area (Å²) in [5, 5.41) is 9.66. The van der Waals surface area contributed by atoms with Gasteiger partial charge in [0.15, 0.2) is 0 Å². The van der Waals surface area contributed by atoms with Gasteiger partial charge in [0.2, 0.25) is 0 Å². The van der Waals surface area contributed by atoms with Gasteiger partial charge in [-0.1, -0.05) is 317 Å². The molecule has 0 unspecified atom stereocenters. The zero-order valence-corrected chi connectivity index (χ0v) is 55.9. The van der Waals surface area contributed by atoms with Crippen LogP contribution in [0.2, 0.25) is 0 Å². The molecule has 3 aliphatic heterocycles. The Morgan fingerprint density at radius 3 is 1.14 bits per heavy atom. The lowest BCUT2D eigenvalue weighted by molar-refractivity contribution is 0.418. The summed E-state index contributed by atoms with van der Waals surface area (Å²) in [4.78, 5) is 5.38. The van der Waals surface area contributed by atoms with Crippen molar-refractivity contribution in [1.82, 2.24) is 0 Å². The molecule has 0 aromatic heterocycles. The van der Waals surface area contributed by atoms with Gasteiger partial charge in [0.05, 0.1) is 11.4 Å². The third-order valence-electron chi connectivity index (χ3n) is 21.9. The topological polar surface area (TPSA) is 15.7 Å². The standard InChI is InChI=1S/C97H65BN2O/c1-97(2)84-47-23-24-48-92(84)101-93-54-51-66(57-85(93)97)71-60-90-94-91(61-71)100(96-80(82-55-69-35-15-17-37-72(69)76-39-19-21-41-78(76)82)45-26-46-81(96)83-56-70-36-16-18-38-73(70)77-40-20-22-42-79(77)83)89-53-50-68(63-29-9-4-10-30-63)59-87(89)98(94)86-58-67(62-27-7-3-8-28-62)49-52-88(86)99(90)95-74(64-31-11-5-12-32-64)43-25-44-75(95)65-33-13-6-14-34-65/h3-61H,1-2H3. The maximum atomic E-state index is 6.89. The lowest BCUT2D eigenvalue weighted by Gasteiger charge is -2.46. The molecule has 0 saturated heterocycles. The molecule has 17 aromatic rings. The highest BCUT2D eigenvalue weighted by Crippen LogP contribution is 2.57. The summed E-state index contributed by atoms with van der Waals surface area (Å²) in [7, 11) is 0. The van der Waals surface area contributed by atoms with Gasteiger partial charge in [0, 0.05) is 61.5 Å². The number of hydrogen-bond acceptors (Lipinski definition) is 3. The van der Waals surface area contributed by atoms with Crippen molar-refractivity contribution < 1.29 is 4.74 Å². The molecule has 3 heterocycles. The fourth-order valence-electron chi connectivity index (χ4n) is 17.2. The van der Waals surface area contributed by atoms with E-state index in [1.807, 2.05) is 0 Å². The van der Waals surface area contributed by atoms with Crippen LogP contribution in [-0.4, -0.2) is 6.71 Å². The highest BCUT2D eigenvalue weighted by molar-refractivity contribution is 7.00. The average Bonchev–Trinajstić information content (AvgIpc) is 0.686. The molecule has 0 saturated carbocycles. The molecule has 0 aliphatic carbocycles. The molecule has 0 amide bonds. The van der Waals surface area contributed by atoms with Crippen molar-refractivity contribution in [3.8, 4) is 89.4 Å². The van der Waals surface area contributed by atoms with Crippen LogP contribution in [0.3, 0.4) is 0 Å². The quantitative estimate of drug-likeness (QED) is 0.106. The normalized spacial score (nSPS) is 13.1. The van der Waals surface area contributed by atoms with E-state index in [0.29, 0.717) is 0 Å². The Hall–Kier alpha value is -12.8. The minimum Gasteiger partial charge on any atom is -0.457 e. The van der Waals surface area contributed by atoms with Gasteiger partial charge >= 0.3 is 0 Å². The molecular weight excluding hydrogens is 1220 g/mol. The summed E-state index contributed by atoms with van der Waals surface area (Å²) >= 11 is 0. The second-order valence-corrected chi connectivity index (χ2v) is 27.8. The zero-order valence-electron chi connectivity index (χ0n) is 55.9. The van der Waals surface area contributed by atoms with E-state index < -0.39 is 0 Å². The van der Waals surface area contributed by atoms with E-state index in [-0.39, 0.29) is 12.1 Å². The number of nitrogens with zero attached hydrogens (tertiary/aromatic N) is 2. The fraction of sp³-hybridized carbons (Fsp3) is 0.0309. The Kier molecular flexibility index (Phi) is 13.4. The molecule has 0 N–H and O–H groups in total. The smallest absolute Gasteiger partial charge is 0.252 e. The molecule has 0 fully saturated rings. The van der Waals surface area contributed by atoms with Crippen molar-refractivity contribution in [2.45, 2.75) is 19.3 Å². The van der Waals surface area contributed by atoms with Crippen molar-refractivity contribution >= 4 is 100 Å². The molecule has 472 valence electrons. The zero-order chi connectivity index (χ0) is 66.9. The molecule has 0 atom stereocenters. The summed E-state index contributed by atoms with van der Waals surface area (Å²) < 4.78 is 6.89. The predicted molar refractivity (Wildman–Crippen MR) is 427 cm³/mol. The van der Waals surface area contributed by atoms with Crippen LogP contribution >= 0.6 is 0 Å². The molecule has 0 radical (unpaired) electrons. The molecule has 4 heteroatoms. The predicted octanol–water partition coefficient (Wildman–Crippen LogP) is 24.5. The third-order valence-corrected chi connectivity index (χ3v) is 21.9. The maximum absolute atomic E-state index is 6.89. The van der Waals surface area contributed by atoms with Gasteiger partial charge in [-0.25, -0.2) is 0 Å². The van der Waals surface area contributed by atoms with Crippen molar-refractivity contribution in [2.24, 2.45) is 0 Å². The number of ether oxygens (including phenoxy) is 1. The molecule has 3 aliphatic rings. The highest BCUT2D eigenvalue weighted by atomic mass is 16.5. The number of para-hydroxylation sites is 3. The third kappa shape index (κ3) is 9.29. The minimum absolute atomic E-state index is 0.270. The van der Waals surface area contributed by atoms with Gasteiger partial charge in [0.1, 0.15) is 11.5 Å². The second-order valence-electron chi connectivity index (χ2n) is 27.8. The van der Waals surface area contributed by atoms with E-state index in [1.54, 1.807) is 0 Å². The van der Waals surface area contributed by atoms with Crippen LogP contribution in [0.5, 0.6) is 11.5 Å². The van der Waals surface area contributed by atoms with Gasteiger partial charge in [-0.15, -0.1) is 0 Å². The molecule has 20 rings (SSSR count). The van der Waals surface area contributed by atoms with E-state index in [2.05, 4.69) is 382 Å². The summed E-state index contributed by atoms with van der Waals surface area (Å²) in [5.41, 5.74) is 28.2. The summed E-state index contributed by atoms with van der Waals surface area (Å²) in [5.74, 6) is 1.77. The lowest BCUT2D eigenvalue weighted by atomic mass is 9.33. The SMILES string of the molecule is CC1(C)c2ccccc2Oc2ccc(-c3cc4c5c(c3)N(c3c(-c6cc7ccccc7c7ccccc67)cccc3-c3cc6ccccc6c6ccccc36)c3ccc(-c6ccccc6)cc3B5c3cc(-c5ccccc5)ccc3N4c3c(-c4ccccc4)cccc3-c3ccccc3)cc21. The van der Waals surface area contributed by atoms with Gasteiger partial charge in [-0.05, 0) is 170 Å². The van der Waals surface area contributed by atoms with E-state index >= 15 is 0 Å². The van der Waals surface area contributed by atoms with Crippen LogP contribution in [0.4, 0.5) is 34.1 Å². The molecular formula is C97H65BN2O. The van der Waals surface area contributed by atoms with E-state index in [9.17, 15) is 0 Å². The molecule has 3 nitrogen and oxygen atoms in total. The van der Waals surface area contributed by atoms with Crippen LogP contribution in [0, 0.1) is 0 Å². The first-order valence-corrected chi connectivity index (χ1v) is 35.2. The van der Waals surface area contributed by atoms with Crippen molar-refractivity contribution in [3.63, 3.8) is 0 Å². The van der Waals surface area contributed by atoms with E-state index in [0.717, 1.165) is 124 Å². The van der Waals surface area contributed by atoms with Gasteiger partial charge in [0.25, 0.3) is 6.71 Å². The summed E-state index contributed by atoms with van der Waals surface area (Å²) in [6.45, 7) is 4.42. The average molecular weight is 1290 g/mol.